The number of aromatic nitrogens is 3. The van der Waals surface area contributed by atoms with Gasteiger partial charge in [0.15, 0.2) is 5.65 Å². The van der Waals surface area contributed by atoms with Crippen molar-refractivity contribution in [2.45, 2.75) is 0 Å². The van der Waals surface area contributed by atoms with Crippen molar-refractivity contribution in [2.75, 3.05) is 0 Å². The first kappa shape index (κ1) is 14.6. The Bertz CT molecular complexity index is 1130. The second-order valence-electron chi connectivity index (χ2n) is 5.07. The predicted molar refractivity (Wildman–Crippen MR) is 93.8 cm³/mol. The summed E-state index contributed by atoms with van der Waals surface area (Å²) in [6.45, 7) is 0. The Labute approximate surface area is 145 Å². The van der Waals surface area contributed by atoms with Crippen molar-refractivity contribution in [3.63, 3.8) is 0 Å². The van der Waals surface area contributed by atoms with Crippen molar-refractivity contribution < 1.29 is 0 Å². The number of nitrogens with one attached hydrogen (secondary N) is 1. The molecule has 2 aromatic carbocycles. The van der Waals surface area contributed by atoms with Gasteiger partial charge >= 0.3 is 0 Å². The van der Waals surface area contributed by atoms with E-state index in [1.165, 1.54) is 4.52 Å². The highest BCUT2D eigenvalue weighted by Crippen LogP contribution is 2.30. The average Bonchev–Trinajstić information content (AvgIpc) is 2.91. The Balaban J connectivity index is 2.02. The summed E-state index contributed by atoms with van der Waals surface area (Å²) in [4.78, 5) is 17.0. The molecule has 4 aromatic rings. The van der Waals surface area contributed by atoms with E-state index in [0.29, 0.717) is 37.3 Å². The van der Waals surface area contributed by atoms with Crippen LogP contribution in [0, 0.1) is 0 Å². The van der Waals surface area contributed by atoms with E-state index in [0.717, 1.165) is 5.56 Å². The standard InChI is InChI=1S/C16H8Cl3N3O/c17-8-1-3-10(12(19)5-8)14-7-15-20-13-6-9(18)2-4-11(13)16(23)22(15)21-14/h1-7,21H. The first-order valence-electron chi connectivity index (χ1n) is 6.69. The SMILES string of the molecule is O=c1c2ccc(Cl)cc2nc2cc(-c3ccc(Cl)cc3Cl)[nH]n12. The highest BCUT2D eigenvalue weighted by Gasteiger charge is 2.12. The second-order valence-corrected chi connectivity index (χ2v) is 6.35. The maximum absolute atomic E-state index is 12.6. The smallest absolute Gasteiger partial charge is 0.280 e. The fourth-order valence-electron chi connectivity index (χ4n) is 2.51. The molecule has 0 spiro atoms. The molecule has 0 radical (unpaired) electrons. The van der Waals surface area contributed by atoms with E-state index in [4.69, 9.17) is 34.8 Å². The number of aromatic amines is 1. The minimum Gasteiger partial charge on any atom is -0.289 e. The maximum atomic E-state index is 12.6. The molecule has 0 atom stereocenters. The highest BCUT2D eigenvalue weighted by atomic mass is 35.5. The number of H-pyrrole nitrogens is 1. The number of fused-ring (bicyclic) bond motifs is 2. The number of hydrogen-bond acceptors (Lipinski definition) is 2. The topological polar surface area (TPSA) is 50.2 Å². The van der Waals surface area contributed by atoms with E-state index in [9.17, 15) is 4.79 Å². The van der Waals surface area contributed by atoms with Crippen molar-refractivity contribution >= 4 is 51.4 Å². The van der Waals surface area contributed by atoms with Crippen LogP contribution in [0.5, 0.6) is 0 Å². The van der Waals surface area contributed by atoms with Gasteiger partial charge in [-0.2, -0.15) is 0 Å². The number of nitrogens with zero attached hydrogens (tertiary/aromatic N) is 2. The van der Waals surface area contributed by atoms with Gasteiger partial charge in [-0.25, -0.2) is 9.50 Å². The van der Waals surface area contributed by atoms with Gasteiger partial charge in [0.25, 0.3) is 5.56 Å². The van der Waals surface area contributed by atoms with Gasteiger partial charge in [0.1, 0.15) is 0 Å². The van der Waals surface area contributed by atoms with Gasteiger partial charge in [-0.3, -0.25) is 9.89 Å². The number of hydrogen-bond donors (Lipinski definition) is 1. The Hall–Kier alpha value is -2.01. The lowest BCUT2D eigenvalue weighted by Gasteiger charge is -2.01. The summed E-state index contributed by atoms with van der Waals surface area (Å²) < 4.78 is 1.39. The van der Waals surface area contributed by atoms with Crippen LogP contribution in [0.15, 0.2) is 47.3 Å². The Morgan fingerprint density at radius 1 is 0.957 bits per heavy atom. The van der Waals surface area contributed by atoms with Gasteiger partial charge in [0, 0.05) is 21.7 Å². The monoisotopic (exact) mass is 363 g/mol. The Morgan fingerprint density at radius 2 is 1.70 bits per heavy atom. The van der Waals surface area contributed by atoms with Crippen LogP contribution in [-0.2, 0) is 0 Å². The van der Waals surface area contributed by atoms with Crippen LogP contribution in [0.3, 0.4) is 0 Å². The van der Waals surface area contributed by atoms with E-state index >= 15 is 0 Å². The second kappa shape index (κ2) is 5.27. The molecule has 2 heterocycles. The van der Waals surface area contributed by atoms with Gasteiger partial charge in [0.05, 0.1) is 21.6 Å². The van der Waals surface area contributed by atoms with Gasteiger partial charge in [-0.15, -0.1) is 0 Å². The van der Waals surface area contributed by atoms with Crippen LogP contribution in [0.25, 0.3) is 27.8 Å². The number of rotatable bonds is 1. The molecule has 0 saturated heterocycles. The molecule has 0 amide bonds. The summed E-state index contributed by atoms with van der Waals surface area (Å²) in [6, 6.07) is 11.9. The third-order valence-corrected chi connectivity index (χ3v) is 4.37. The van der Waals surface area contributed by atoms with E-state index in [2.05, 4.69) is 10.1 Å². The summed E-state index contributed by atoms with van der Waals surface area (Å²) in [5.74, 6) is 0. The molecule has 0 aliphatic carbocycles. The molecule has 0 saturated carbocycles. The third kappa shape index (κ3) is 2.39. The van der Waals surface area contributed by atoms with Crippen LogP contribution in [0.4, 0.5) is 0 Å². The van der Waals surface area contributed by atoms with Crippen molar-refractivity contribution in [3.05, 3.63) is 67.9 Å². The molecule has 0 unspecified atom stereocenters. The summed E-state index contributed by atoms with van der Waals surface area (Å²) >= 11 is 18.1. The normalized spacial score (nSPS) is 11.4. The first-order valence-corrected chi connectivity index (χ1v) is 7.83. The lowest BCUT2D eigenvalue weighted by atomic mass is 10.1. The number of halogens is 3. The van der Waals surface area contributed by atoms with E-state index in [1.54, 1.807) is 42.5 Å². The zero-order valence-electron chi connectivity index (χ0n) is 11.5. The average molecular weight is 365 g/mol. The molecular weight excluding hydrogens is 357 g/mol. The van der Waals surface area contributed by atoms with E-state index < -0.39 is 0 Å². The largest absolute Gasteiger partial charge is 0.289 e. The molecule has 4 rings (SSSR count). The third-order valence-electron chi connectivity index (χ3n) is 3.58. The van der Waals surface area contributed by atoms with E-state index in [-0.39, 0.29) is 5.56 Å². The van der Waals surface area contributed by atoms with Crippen LogP contribution < -0.4 is 5.56 Å². The Morgan fingerprint density at radius 3 is 2.48 bits per heavy atom. The van der Waals surface area contributed by atoms with Crippen molar-refractivity contribution in [1.29, 1.82) is 0 Å². The minimum absolute atomic E-state index is 0.196. The van der Waals surface area contributed by atoms with Crippen molar-refractivity contribution in [2.24, 2.45) is 0 Å². The zero-order chi connectivity index (χ0) is 16.1. The van der Waals surface area contributed by atoms with Gasteiger partial charge in [0.2, 0.25) is 0 Å². The lowest BCUT2D eigenvalue weighted by molar-refractivity contribution is 0.919. The van der Waals surface area contributed by atoms with Crippen LogP contribution in [-0.4, -0.2) is 14.6 Å². The molecule has 0 fully saturated rings. The van der Waals surface area contributed by atoms with Gasteiger partial charge < -0.3 is 0 Å². The highest BCUT2D eigenvalue weighted by molar-refractivity contribution is 6.36. The van der Waals surface area contributed by atoms with Crippen molar-refractivity contribution in [3.8, 4) is 11.3 Å². The lowest BCUT2D eigenvalue weighted by Crippen LogP contribution is -2.15. The predicted octanol–water partition coefficient (Wildman–Crippen LogP) is 4.80. The quantitative estimate of drug-likeness (QED) is 0.527. The van der Waals surface area contributed by atoms with Crippen LogP contribution in [0.1, 0.15) is 0 Å². The number of benzene rings is 2. The maximum Gasteiger partial charge on any atom is 0.280 e. The fourth-order valence-corrected chi connectivity index (χ4v) is 3.19. The van der Waals surface area contributed by atoms with Crippen LogP contribution >= 0.6 is 34.8 Å². The van der Waals surface area contributed by atoms with Crippen molar-refractivity contribution in [1.82, 2.24) is 14.6 Å². The summed E-state index contributed by atoms with van der Waals surface area (Å²) in [6.07, 6.45) is 0. The molecule has 1 N–H and O–H groups in total. The Kier molecular flexibility index (Phi) is 3.34. The molecule has 0 bridgehead atoms. The van der Waals surface area contributed by atoms with Gasteiger partial charge in [-0.1, -0.05) is 34.8 Å². The summed E-state index contributed by atoms with van der Waals surface area (Å²) in [7, 11) is 0. The zero-order valence-corrected chi connectivity index (χ0v) is 13.7. The summed E-state index contributed by atoms with van der Waals surface area (Å²) in [5.41, 5.74) is 2.26. The molecular formula is C16H8Cl3N3O. The molecule has 0 aliphatic rings. The van der Waals surface area contributed by atoms with Gasteiger partial charge in [-0.05, 0) is 36.4 Å². The summed E-state index contributed by atoms with van der Waals surface area (Å²) in [5, 5.41) is 5.09. The molecule has 0 aliphatic heterocycles. The minimum atomic E-state index is -0.196. The fraction of sp³-hybridized carbons (Fsp3) is 0. The molecule has 4 nitrogen and oxygen atoms in total. The molecule has 23 heavy (non-hydrogen) atoms. The molecule has 114 valence electrons. The molecule has 7 heteroatoms. The molecule has 2 aromatic heterocycles. The van der Waals surface area contributed by atoms with E-state index in [1.807, 2.05) is 0 Å². The van der Waals surface area contributed by atoms with Crippen LogP contribution in [0.2, 0.25) is 15.1 Å². The first-order chi connectivity index (χ1) is 11.0.